The molecule has 0 radical (unpaired) electrons. The van der Waals surface area contributed by atoms with Gasteiger partial charge in [0.1, 0.15) is 5.60 Å². The van der Waals surface area contributed by atoms with E-state index in [1.165, 1.54) is 19.3 Å². The van der Waals surface area contributed by atoms with Crippen molar-refractivity contribution < 1.29 is 9.53 Å². The first-order valence-electron chi connectivity index (χ1n) is 8.83. The van der Waals surface area contributed by atoms with E-state index in [0.717, 1.165) is 32.0 Å². The zero-order valence-electron chi connectivity index (χ0n) is 15.0. The van der Waals surface area contributed by atoms with E-state index in [9.17, 15) is 4.79 Å². The molecule has 0 aromatic heterocycles. The molecule has 2 aliphatic rings. The van der Waals surface area contributed by atoms with Gasteiger partial charge in [-0.3, -0.25) is 0 Å². The molecule has 0 spiro atoms. The summed E-state index contributed by atoms with van der Waals surface area (Å²) in [6.07, 6.45) is 4.65. The zero-order chi connectivity index (χ0) is 16.5. The number of carbonyl (C=O) groups excluding carboxylic acids is 1. The normalized spacial score (nSPS) is 31.0. The SMILES string of the molecule is CC(C)(C)OC(=O)N1CCCC(CC[C@@H]2[C@@H](CN)C2(C)C)C1. The Morgan fingerprint density at radius 3 is 2.50 bits per heavy atom. The van der Waals surface area contributed by atoms with Gasteiger partial charge in [0.15, 0.2) is 0 Å². The van der Waals surface area contributed by atoms with Crippen LogP contribution in [0.3, 0.4) is 0 Å². The molecule has 0 aromatic carbocycles. The first kappa shape index (κ1) is 17.6. The fraction of sp³-hybridized carbons (Fsp3) is 0.944. The van der Waals surface area contributed by atoms with Crippen LogP contribution in [0.1, 0.15) is 60.3 Å². The minimum atomic E-state index is -0.406. The molecule has 2 N–H and O–H groups in total. The zero-order valence-corrected chi connectivity index (χ0v) is 15.0. The van der Waals surface area contributed by atoms with Crippen molar-refractivity contribution in [1.29, 1.82) is 0 Å². The molecule has 1 aliphatic carbocycles. The van der Waals surface area contributed by atoms with Gasteiger partial charge in [-0.05, 0) is 76.2 Å². The summed E-state index contributed by atoms with van der Waals surface area (Å²) in [5, 5.41) is 0. The van der Waals surface area contributed by atoms with Crippen molar-refractivity contribution >= 4 is 6.09 Å². The van der Waals surface area contributed by atoms with Gasteiger partial charge in [-0.2, -0.15) is 0 Å². The molecular weight excluding hydrogens is 276 g/mol. The average molecular weight is 310 g/mol. The lowest BCUT2D eigenvalue weighted by Crippen LogP contribution is -2.42. The highest BCUT2D eigenvalue weighted by atomic mass is 16.6. The van der Waals surface area contributed by atoms with E-state index in [4.69, 9.17) is 10.5 Å². The standard InChI is InChI=1S/C18H34N2O2/c1-17(2,3)22-16(21)20-10-6-7-13(12-20)8-9-14-15(11-19)18(14,4)5/h13-15H,6-12,19H2,1-5H3/t13?,14-,15-/m1/s1. The molecule has 1 unspecified atom stereocenters. The van der Waals surface area contributed by atoms with Gasteiger partial charge in [-0.25, -0.2) is 4.79 Å². The van der Waals surface area contributed by atoms with Gasteiger partial charge in [0.05, 0.1) is 0 Å². The lowest BCUT2D eigenvalue weighted by Gasteiger charge is -2.34. The summed E-state index contributed by atoms with van der Waals surface area (Å²) in [7, 11) is 0. The molecule has 2 rings (SSSR count). The molecule has 4 nitrogen and oxygen atoms in total. The summed E-state index contributed by atoms with van der Waals surface area (Å²) < 4.78 is 5.50. The second-order valence-electron chi connectivity index (χ2n) is 8.78. The topological polar surface area (TPSA) is 55.6 Å². The number of likely N-dealkylation sites (tertiary alicyclic amines) is 1. The molecule has 0 bridgehead atoms. The number of amides is 1. The lowest BCUT2D eigenvalue weighted by molar-refractivity contribution is 0.0159. The molecule has 1 aliphatic heterocycles. The van der Waals surface area contributed by atoms with Crippen LogP contribution in [0.4, 0.5) is 4.79 Å². The summed E-state index contributed by atoms with van der Waals surface area (Å²) in [6, 6.07) is 0. The van der Waals surface area contributed by atoms with Gasteiger partial charge >= 0.3 is 6.09 Å². The van der Waals surface area contributed by atoms with Crippen LogP contribution in [0.2, 0.25) is 0 Å². The van der Waals surface area contributed by atoms with Crippen molar-refractivity contribution in [1.82, 2.24) is 4.90 Å². The molecule has 3 atom stereocenters. The van der Waals surface area contributed by atoms with E-state index in [2.05, 4.69) is 13.8 Å². The largest absolute Gasteiger partial charge is 0.444 e. The first-order valence-corrected chi connectivity index (χ1v) is 8.83. The third kappa shape index (κ3) is 4.15. The van der Waals surface area contributed by atoms with Crippen LogP contribution in [0.25, 0.3) is 0 Å². The third-order valence-corrected chi connectivity index (χ3v) is 5.60. The van der Waals surface area contributed by atoms with Crippen LogP contribution in [0, 0.1) is 23.2 Å². The molecule has 22 heavy (non-hydrogen) atoms. The van der Waals surface area contributed by atoms with Crippen molar-refractivity contribution in [3.8, 4) is 0 Å². The molecule has 4 heteroatoms. The van der Waals surface area contributed by atoms with E-state index in [0.29, 0.717) is 17.3 Å². The predicted octanol–water partition coefficient (Wildman–Crippen LogP) is 3.64. The Hall–Kier alpha value is -0.770. The summed E-state index contributed by atoms with van der Waals surface area (Å²) in [5.41, 5.74) is 5.88. The van der Waals surface area contributed by atoms with Gasteiger partial charge in [-0.1, -0.05) is 13.8 Å². The van der Waals surface area contributed by atoms with E-state index < -0.39 is 5.60 Å². The van der Waals surface area contributed by atoms with E-state index in [1.807, 2.05) is 25.7 Å². The average Bonchev–Trinajstić information content (AvgIpc) is 2.95. The summed E-state index contributed by atoms with van der Waals surface area (Å²) in [5.74, 6) is 2.09. The highest BCUT2D eigenvalue weighted by Gasteiger charge is 2.55. The Labute approximate surface area is 135 Å². The maximum Gasteiger partial charge on any atom is 0.410 e. The number of nitrogens with zero attached hydrogens (tertiary/aromatic N) is 1. The summed E-state index contributed by atoms with van der Waals surface area (Å²) in [4.78, 5) is 14.1. The number of rotatable bonds is 4. The number of nitrogens with two attached hydrogens (primary N) is 1. The minimum absolute atomic E-state index is 0.149. The Kier molecular flexibility index (Phi) is 5.10. The van der Waals surface area contributed by atoms with Crippen LogP contribution in [-0.2, 0) is 4.74 Å². The number of piperidine rings is 1. The Morgan fingerprint density at radius 2 is 1.95 bits per heavy atom. The van der Waals surface area contributed by atoms with E-state index in [-0.39, 0.29) is 6.09 Å². The highest BCUT2D eigenvalue weighted by Crippen LogP contribution is 2.60. The van der Waals surface area contributed by atoms with Crippen LogP contribution in [0.15, 0.2) is 0 Å². The second-order valence-corrected chi connectivity index (χ2v) is 8.78. The molecule has 2 fully saturated rings. The van der Waals surface area contributed by atoms with E-state index >= 15 is 0 Å². The van der Waals surface area contributed by atoms with Crippen LogP contribution >= 0.6 is 0 Å². The summed E-state index contributed by atoms with van der Waals surface area (Å²) >= 11 is 0. The number of hydrogen-bond acceptors (Lipinski definition) is 3. The third-order valence-electron chi connectivity index (χ3n) is 5.60. The van der Waals surface area contributed by atoms with Crippen molar-refractivity contribution in [3.63, 3.8) is 0 Å². The quantitative estimate of drug-likeness (QED) is 0.862. The van der Waals surface area contributed by atoms with Crippen LogP contribution in [0.5, 0.6) is 0 Å². The highest BCUT2D eigenvalue weighted by molar-refractivity contribution is 5.68. The maximum atomic E-state index is 12.2. The van der Waals surface area contributed by atoms with Gasteiger partial charge in [0, 0.05) is 13.1 Å². The van der Waals surface area contributed by atoms with Gasteiger partial charge in [0.2, 0.25) is 0 Å². The molecule has 1 saturated carbocycles. The molecule has 1 amide bonds. The number of hydrogen-bond donors (Lipinski definition) is 1. The second kappa shape index (κ2) is 6.38. The molecule has 128 valence electrons. The van der Waals surface area contributed by atoms with Gasteiger partial charge < -0.3 is 15.4 Å². The molecule has 0 aromatic rings. The van der Waals surface area contributed by atoms with Gasteiger partial charge in [0.25, 0.3) is 0 Å². The number of carbonyl (C=O) groups is 1. The van der Waals surface area contributed by atoms with Crippen molar-refractivity contribution in [2.45, 2.75) is 65.9 Å². The minimum Gasteiger partial charge on any atom is -0.444 e. The van der Waals surface area contributed by atoms with Crippen LogP contribution < -0.4 is 5.73 Å². The van der Waals surface area contributed by atoms with E-state index in [1.54, 1.807) is 0 Å². The van der Waals surface area contributed by atoms with Crippen molar-refractivity contribution in [3.05, 3.63) is 0 Å². The van der Waals surface area contributed by atoms with Gasteiger partial charge in [-0.15, -0.1) is 0 Å². The predicted molar refractivity (Wildman–Crippen MR) is 89.6 cm³/mol. The fourth-order valence-electron chi connectivity index (χ4n) is 4.11. The lowest BCUT2D eigenvalue weighted by atomic mass is 9.91. The monoisotopic (exact) mass is 310 g/mol. The van der Waals surface area contributed by atoms with Crippen molar-refractivity contribution in [2.75, 3.05) is 19.6 Å². The van der Waals surface area contributed by atoms with Crippen LogP contribution in [-0.4, -0.2) is 36.2 Å². The Bertz CT molecular complexity index is 400. The first-order chi connectivity index (χ1) is 10.1. The molecule has 1 heterocycles. The maximum absolute atomic E-state index is 12.2. The Morgan fingerprint density at radius 1 is 1.27 bits per heavy atom. The van der Waals surface area contributed by atoms with Crippen molar-refractivity contribution in [2.24, 2.45) is 28.9 Å². The fourth-order valence-corrected chi connectivity index (χ4v) is 4.11. The Balaban J connectivity index is 1.78. The summed E-state index contributed by atoms with van der Waals surface area (Å²) in [6.45, 7) is 13.0. The molecule has 1 saturated heterocycles. The number of ether oxygens (including phenoxy) is 1. The smallest absolute Gasteiger partial charge is 0.410 e. The molecular formula is C18H34N2O2.